The third kappa shape index (κ3) is 6.00. The Labute approximate surface area is 351 Å². The molecule has 0 fully saturated rings. The summed E-state index contributed by atoms with van der Waals surface area (Å²) in [6, 6.07) is 69.4. The first-order valence-corrected chi connectivity index (χ1v) is 20.4. The van der Waals surface area contributed by atoms with Gasteiger partial charge in [-0.1, -0.05) is 176 Å². The minimum absolute atomic E-state index is 0.604. The molecular formula is C55H34N6. The summed E-state index contributed by atoms with van der Waals surface area (Å²) in [6.45, 7) is 0. The minimum Gasteiger partial charge on any atom is -0.298 e. The van der Waals surface area contributed by atoms with Gasteiger partial charge in [-0.15, -0.1) is 0 Å². The number of nitrogens with zero attached hydrogens (tertiary/aromatic N) is 6. The summed E-state index contributed by atoms with van der Waals surface area (Å²) in [4.78, 5) is 26.0. The van der Waals surface area contributed by atoms with Gasteiger partial charge in [-0.05, 0) is 45.8 Å². The minimum atomic E-state index is 0.604. The molecule has 0 radical (unpaired) electrons. The molecule has 0 bridgehead atoms. The smallest absolute Gasteiger partial charge is 0.164 e. The lowest BCUT2D eigenvalue weighted by Crippen LogP contribution is -2.00. The highest BCUT2D eigenvalue weighted by Gasteiger charge is 2.22. The van der Waals surface area contributed by atoms with Crippen LogP contribution in [0.25, 0.3) is 117 Å². The van der Waals surface area contributed by atoms with Gasteiger partial charge in [0.1, 0.15) is 5.65 Å². The zero-order valence-corrected chi connectivity index (χ0v) is 32.8. The lowest BCUT2D eigenvalue weighted by Gasteiger charge is -2.12. The maximum Gasteiger partial charge on any atom is 0.164 e. The van der Waals surface area contributed by atoms with E-state index in [0.717, 1.165) is 88.6 Å². The second kappa shape index (κ2) is 14.2. The molecular weight excluding hydrogens is 745 g/mol. The van der Waals surface area contributed by atoms with Gasteiger partial charge < -0.3 is 0 Å². The van der Waals surface area contributed by atoms with Crippen LogP contribution in [0.5, 0.6) is 0 Å². The monoisotopic (exact) mass is 778 g/mol. The number of pyridine rings is 2. The van der Waals surface area contributed by atoms with Crippen LogP contribution in [0.15, 0.2) is 206 Å². The molecule has 12 rings (SSSR count). The van der Waals surface area contributed by atoms with Gasteiger partial charge in [0.05, 0.1) is 22.6 Å². The molecule has 0 spiro atoms. The topological polar surface area (TPSA) is 68.9 Å². The predicted octanol–water partition coefficient (Wildman–Crippen LogP) is 13.5. The summed E-state index contributed by atoms with van der Waals surface area (Å²) in [6.07, 6.45) is 2.14. The highest BCUT2D eigenvalue weighted by atomic mass is 15.0. The van der Waals surface area contributed by atoms with Crippen molar-refractivity contribution in [3.8, 4) is 67.9 Å². The van der Waals surface area contributed by atoms with Crippen molar-refractivity contribution in [2.24, 2.45) is 0 Å². The van der Waals surface area contributed by atoms with Crippen molar-refractivity contribution in [1.29, 1.82) is 0 Å². The summed E-state index contributed by atoms with van der Waals surface area (Å²) in [5, 5.41) is 7.80. The van der Waals surface area contributed by atoms with Crippen LogP contribution in [0, 0.1) is 0 Å². The molecule has 61 heavy (non-hydrogen) atoms. The maximum atomic E-state index is 5.49. The second-order valence-corrected chi connectivity index (χ2v) is 15.3. The van der Waals surface area contributed by atoms with E-state index in [4.69, 9.17) is 24.9 Å². The van der Waals surface area contributed by atoms with Crippen molar-refractivity contribution < 1.29 is 0 Å². The van der Waals surface area contributed by atoms with E-state index in [2.05, 4.69) is 193 Å². The summed E-state index contributed by atoms with van der Waals surface area (Å²) >= 11 is 0. The Hall–Kier alpha value is -8.35. The number of hydrogen-bond donors (Lipinski definition) is 0. The summed E-state index contributed by atoms with van der Waals surface area (Å²) in [5.74, 6) is 1.85. The molecule has 6 nitrogen and oxygen atoms in total. The van der Waals surface area contributed by atoms with Gasteiger partial charge in [0, 0.05) is 55.7 Å². The molecule has 0 aliphatic rings. The Morgan fingerprint density at radius 1 is 0.311 bits per heavy atom. The Morgan fingerprint density at radius 3 is 1.43 bits per heavy atom. The molecule has 0 saturated carbocycles. The van der Waals surface area contributed by atoms with Gasteiger partial charge in [-0.3, -0.25) is 4.40 Å². The molecule has 0 unspecified atom stereocenters. The zero-order valence-electron chi connectivity index (χ0n) is 32.8. The van der Waals surface area contributed by atoms with E-state index < -0.39 is 0 Å². The van der Waals surface area contributed by atoms with Crippen molar-refractivity contribution in [3.63, 3.8) is 0 Å². The Balaban J connectivity index is 1.04. The molecule has 0 atom stereocenters. The number of benzene rings is 8. The fourth-order valence-corrected chi connectivity index (χ4v) is 8.62. The van der Waals surface area contributed by atoms with E-state index in [0.29, 0.717) is 17.5 Å². The molecule has 6 heteroatoms. The van der Waals surface area contributed by atoms with Gasteiger partial charge in [0.25, 0.3) is 0 Å². The Morgan fingerprint density at radius 2 is 0.803 bits per heavy atom. The number of aromatic nitrogens is 6. The van der Waals surface area contributed by atoms with Crippen molar-refractivity contribution >= 4 is 48.9 Å². The first-order chi connectivity index (χ1) is 30.2. The first-order valence-electron chi connectivity index (χ1n) is 20.4. The van der Waals surface area contributed by atoms with Crippen LogP contribution in [0.4, 0.5) is 0 Å². The summed E-state index contributed by atoms with van der Waals surface area (Å²) in [5.41, 5.74) is 10.5. The number of rotatable bonds is 6. The lowest BCUT2D eigenvalue weighted by atomic mass is 10.0. The molecule has 4 aromatic heterocycles. The van der Waals surface area contributed by atoms with E-state index in [1.807, 2.05) is 18.2 Å². The molecule has 0 saturated heterocycles. The molecule has 0 aliphatic carbocycles. The molecule has 4 heterocycles. The van der Waals surface area contributed by atoms with E-state index in [-0.39, 0.29) is 0 Å². The van der Waals surface area contributed by atoms with E-state index in [1.165, 1.54) is 10.8 Å². The highest BCUT2D eigenvalue weighted by molar-refractivity contribution is 6.17. The largest absolute Gasteiger partial charge is 0.298 e. The van der Waals surface area contributed by atoms with Crippen LogP contribution >= 0.6 is 0 Å². The third-order valence-corrected chi connectivity index (χ3v) is 11.6. The molecule has 0 N–H and O–H groups in total. The summed E-state index contributed by atoms with van der Waals surface area (Å²) < 4.78 is 2.24. The third-order valence-electron chi connectivity index (χ3n) is 11.6. The molecule has 0 aliphatic heterocycles. The SMILES string of the molecule is c1ccc(-c2nc3c4c(ccn3c2-c2ccc(-c3nc(-c5ccc6ccccc6c5)nc(-c5ccc6ccccc6c5)n3)cc2)c(-c2ccccc2)nc2ccccc24)cc1. The Kier molecular flexibility index (Phi) is 8.06. The van der Waals surface area contributed by atoms with Gasteiger partial charge in [0.2, 0.25) is 0 Å². The lowest BCUT2D eigenvalue weighted by molar-refractivity contribution is 1.07. The molecule has 12 aromatic rings. The average molecular weight is 779 g/mol. The second-order valence-electron chi connectivity index (χ2n) is 15.3. The van der Waals surface area contributed by atoms with E-state index >= 15 is 0 Å². The first kappa shape index (κ1) is 34.7. The Bertz CT molecular complexity index is 3540. The molecule has 284 valence electrons. The number of hydrogen-bond acceptors (Lipinski definition) is 5. The van der Waals surface area contributed by atoms with Crippen LogP contribution < -0.4 is 0 Å². The van der Waals surface area contributed by atoms with Gasteiger partial charge in [0.15, 0.2) is 17.5 Å². The van der Waals surface area contributed by atoms with Crippen molar-refractivity contribution in [2.45, 2.75) is 0 Å². The van der Waals surface area contributed by atoms with E-state index in [1.54, 1.807) is 0 Å². The van der Waals surface area contributed by atoms with Gasteiger partial charge >= 0.3 is 0 Å². The fraction of sp³-hybridized carbons (Fsp3) is 0. The highest BCUT2D eigenvalue weighted by Crippen LogP contribution is 2.40. The van der Waals surface area contributed by atoms with Crippen LogP contribution in [-0.4, -0.2) is 29.3 Å². The summed E-state index contributed by atoms with van der Waals surface area (Å²) in [7, 11) is 0. The predicted molar refractivity (Wildman–Crippen MR) is 249 cm³/mol. The standard InChI is InChI=1S/C55H34N6/c1-3-15-37(16-4-1)49-46-31-32-61-51(50(38-17-5-2-6-18-38)57-55(61)48(46)45-21-11-12-22-47(45)56-49)39-25-27-40(28-26-39)52-58-53(43-29-23-35-13-7-9-19-41(35)33-43)60-54(59-52)44-30-24-36-14-8-10-20-42(36)34-44/h1-34H. The zero-order chi connectivity index (χ0) is 40.3. The van der Waals surface area contributed by atoms with Crippen molar-refractivity contribution in [1.82, 2.24) is 29.3 Å². The van der Waals surface area contributed by atoms with Crippen LogP contribution in [-0.2, 0) is 0 Å². The van der Waals surface area contributed by atoms with Gasteiger partial charge in [-0.25, -0.2) is 24.9 Å². The molecule has 8 aromatic carbocycles. The van der Waals surface area contributed by atoms with E-state index in [9.17, 15) is 0 Å². The molecule has 0 amide bonds. The maximum absolute atomic E-state index is 5.49. The number of imidazole rings is 1. The van der Waals surface area contributed by atoms with Crippen molar-refractivity contribution in [3.05, 3.63) is 206 Å². The van der Waals surface area contributed by atoms with Crippen LogP contribution in [0.3, 0.4) is 0 Å². The average Bonchev–Trinajstić information content (AvgIpc) is 3.74. The normalized spacial score (nSPS) is 11.6. The fourth-order valence-electron chi connectivity index (χ4n) is 8.62. The van der Waals surface area contributed by atoms with Crippen LogP contribution in [0.1, 0.15) is 0 Å². The quantitative estimate of drug-likeness (QED) is 0.157. The number of fused-ring (bicyclic) bond motifs is 7. The van der Waals surface area contributed by atoms with Crippen molar-refractivity contribution in [2.75, 3.05) is 0 Å². The number of para-hydroxylation sites is 1. The van der Waals surface area contributed by atoms with Gasteiger partial charge in [-0.2, -0.15) is 0 Å². The van der Waals surface area contributed by atoms with Crippen LogP contribution in [0.2, 0.25) is 0 Å².